The number of hydrogen-bond donors (Lipinski definition) is 0. The highest BCUT2D eigenvalue weighted by Crippen LogP contribution is 2.31. The first-order valence-corrected chi connectivity index (χ1v) is 5.77. The Labute approximate surface area is 97.2 Å². The van der Waals surface area contributed by atoms with Crippen LogP contribution in [0.4, 0.5) is 0 Å². The lowest BCUT2D eigenvalue weighted by atomic mass is 10.2. The van der Waals surface area contributed by atoms with Crippen LogP contribution in [0.25, 0.3) is 11.8 Å². The maximum Gasteiger partial charge on any atom is 0.0453 e. The summed E-state index contributed by atoms with van der Waals surface area (Å²) < 4.78 is 3.43. The van der Waals surface area contributed by atoms with Crippen LogP contribution in [0.3, 0.4) is 0 Å². The molecule has 15 heavy (non-hydrogen) atoms. The van der Waals surface area contributed by atoms with Crippen molar-refractivity contribution in [1.29, 1.82) is 0 Å². The lowest BCUT2D eigenvalue weighted by molar-refractivity contribution is 0.981. The maximum atomic E-state index is 3.59. The van der Waals surface area contributed by atoms with Gasteiger partial charge < -0.3 is 4.57 Å². The van der Waals surface area contributed by atoms with Gasteiger partial charge >= 0.3 is 0 Å². The normalized spacial score (nSPS) is 13.1. The number of rotatable bonds is 1. The largest absolute Gasteiger partial charge is 0.319 e. The van der Waals surface area contributed by atoms with Gasteiger partial charge in [0.1, 0.15) is 0 Å². The van der Waals surface area contributed by atoms with Crippen LogP contribution in [0.1, 0.15) is 11.3 Å². The van der Waals surface area contributed by atoms with Gasteiger partial charge in [-0.05, 0) is 28.1 Å². The quantitative estimate of drug-likeness (QED) is 0.734. The Balaban J connectivity index is 2.20. The molecular formula is C13H10BrN. The van der Waals surface area contributed by atoms with E-state index >= 15 is 0 Å². The molecule has 2 heteroatoms. The van der Waals surface area contributed by atoms with Crippen molar-refractivity contribution < 1.29 is 0 Å². The zero-order chi connectivity index (χ0) is 10.3. The van der Waals surface area contributed by atoms with Crippen molar-refractivity contribution in [2.24, 2.45) is 0 Å². The van der Waals surface area contributed by atoms with Gasteiger partial charge in [0.05, 0.1) is 0 Å². The Morgan fingerprint density at radius 2 is 1.93 bits per heavy atom. The maximum absolute atomic E-state index is 3.59. The van der Waals surface area contributed by atoms with Crippen LogP contribution in [-0.4, -0.2) is 4.57 Å². The second kappa shape index (κ2) is 3.38. The van der Waals surface area contributed by atoms with E-state index in [-0.39, 0.29) is 0 Å². The van der Waals surface area contributed by atoms with E-state index in [1.165, 1.54) is 21.4 Å². The standard InChI is InChI=1S/C13H10BrN/c14-12-9-15(10-5-2-1-3-6-10)13-8-4-7-11(12)13/h1-7,9H,8H2. The molecule has 74 valence electrons. The lowest BCUT2D eigenvalue weighted by Gasteiger charge is -2.06. The summed E-state index contributed by atoms with van der Waals surface area (Å²) in [6.07, 6.45) is 7.55. The first kappa shape index (κ1) is 8.98. The number of benzene rings is 1. The summed E-state index contributed by atoms with van der Waals surface area (Å²) in [7, 11) is 0. The molecule has 1 aromatic carbocycles. The van der Waals surface area contributed by atoms with E-state index in [2.05, 4.69) is 63.1 Å². The summed E-state index contributed by atoms with van der Waals surface area (Å²) in [5, 5.41) is 0. The first-order valence-electron chi connectivity index (χ1n) is 4.98. The lowest BCUT2D eigenvalue weighted by Crippen LogP contribution is -1.96. The summed E-state index contributed by atoms with van der Waals surface area (Å²) in [6.45, 7) is 0. The van der Waals surface area contributed by atoms with Crippen LogP contribution < -0.4 is 0 Å². The van der Waals surface area contributed by atoms with Gasteiger partial charge in [-0.1, -0.05) is 30.4 Å². The molecule has 0 saturated carbocycles. The molecule has 0 aliphatic heterocycles. The molecule has 1 aliphatic rings. The van der Waals surface area contributed by atoms with E-state index in [0.29, 0.717) is 0 Å². The fourth-order valence-electron chi connectivity index (χ4n) is 2.02. The van der Waals surface area contributed by atoms with E-state index in [0.717, 1.165) is 6.42 Å². The minimum absolute atomic E-state index is 1.02. The van der Waals surface area contributed by atoms with Crippen LogP contribution in [-0.2, 0) is 6.42 Å². The highest BCUT2D eigenvalue weighted by Gasteiger charge is 2.15. The first-order chi connectivity index (χ1) is 7.36. The molecule has 1 nitrogen and oxygen atoms in total. The molecule has 1 heterocycles. The summed E-state index contributed by atoms with van der Waals surface area (Å²) in [6, 6.07) is 10.4. The Morgan fingerprint density at radius 1 is 1.13 bits per heavy atom. The van der Waals surface area contributed by atoms with Crippen molar-refractivity contribution >= 4 is 22.0 Å². The number of halogens is 1. The van der Waals surface area contributed by atoms with Crippen molar-refractivity contribution in [3.8, 4) is 5.69 Å². The van der Waals surface area contributed by atoms with Crippen molar-refractivity contribution in [1.82, 2.24) is 4.57 Å². The predicted molar refractivity (Wildman–Crippen MR) is 66.2 cm³/mol. The third-order valence-electron chi connectivity index (χ3n) is 2.73. The third kappa shape index (κ3) is 1.37. The molecule has 1 aliphatic carbocycles. The number of para-hydroxylation sites is 1. The van der Waals surface area contributed by atoms with Gasteiger partial charge in [0.2, 0.25) is 0 Å². The topological polar surface area (TPSA) is 4.93 Å². The SMILES string of the molecule is Brc1cn(-c2ccccc2)c2c1C=CC2. The van der Waals surface area contributed by atoms with Crippen molar-refractivity contribution in [3.05, 3.63) is 58.3 Å². The molecule has 0 amide bonds. The van der Waals surface area contributed by atoms with E-state index in [9.17, 15) is 0 Å². The summed E-state index contributed by atoms with van der Waals surface area (Å²) in [5.74, 6) is 0. The van der Waals surface area contributed by atoms with Gasteiger partial charge in [0.25, 0.3) is 0 Å². The average Bonchev–Trinajstić information content (AvgIpc) is 2.84. The molecular weight excluding hydrogens is 250 g/mol. The fraction of sp³-hybridized carbons (Fsp3) is 0.0769. The Bertz CT molecular complexity index is 523. The summed E-state index contributed by atoms with van der Waals surface area (Å²) in [5.41, 5.74) is 3.91. The minimum atomic E-state index is 1.02. The molecule has 0 N–H and O–H groups in total. The predicted octanol–water partition coefficient (Wildman–Crippen LogP) is 3.81. The van der Waals surface area contributed by atoms with Crippen LogP contribution in [0.5, 0.6) is 0 Å². The number of fused-ring (bicyclic) bond motifs is 1. The monoisotopic (exact) mass is 259 g/mol. The van der Waals surface area contributed by atoms with Crippen LogP contribution in [0.2, 0.25) is 0 Å². The van der Waals surface area contributed by atoms with Gasteiger partial charge in [0.15, 0.2) is 0 Å². The van der Waals surface area contributed by atoms with Crippen molar-refractivity contribution in [2.75, 3.05) is 0 Å². The zero-order valence-electron chi connectivity index (χ0n) is 8.15. The average molecular weight is 260 g/mol. The fourth-order valence-corrected chi connectivity index (χ4v) is 2.59. The van der Waals surface area contributed by atoms with Gasteiger partial charge in [-0.15, -0.1) is 0 Å². The van der Waals surface area contributed by atoms with E-state index in [4.69, 9.17) is 0 Å². The Hall–Kier alpha value is -1.28. The second-order valence-electron chi connectivity index (χ2n) is 3.65. The zero-order valence-corrected chi connectivity index (χ0v) is 9.74. The Morgan fingerprint density at radius 3 is 2.73 bits per heavy atom. The van der Waals surface area contributed by atoms with Crippen molar-refractivity contribution in [3.63, 3.8) is 0 Å². The summed E-state index contributed by atoms with van der Waals surface area (Å²) >= 11 is 3.59. The molecule has 0 unspecified atom stereocenters. The third-order valence-corrected chi connectivity index (χ3v) is 3.36. The molecule has 0 spiro atoms. The molecule has 0 fully saturated rings. The van der Waals surface area contributed by atoms with E-state index in [1.54, 1.807) is 0 Å². The number of nitrogens with zero attached hydrogens (tertiary/aromatic N) is 1. The van der Waals surface area contributed by atoms with Gasteiger partial charge in [-0.25, -0.2) is 0 Å². The highest BCUT2D eigenvalue weighted by molar-refractivity contribution is 9.10. The molecule has 1 aromatic heterocycles. The van der Waals surface area contributed by atoms with Gasteiger partial charge in [-0.2, -0.15) is 0 Å². The molecule has 0 saturated heterocycles. The smallest absolute Gasteiger partial charge is 0.0453 e. The van der Waals surface area contributed by atoms with E-state index in [1.807, 2.05) is 6.07 Å². The number of aromatic nitrogens is 1. The molecule has 0 bridgehead atoms. The van der Waals surface area contributed by atoms with Gasteiger partial charge in [0, 0.05) is 34.0 Å². The molecule has 2 aromatic rings. The summed E-state index contributed by atoms with van der Waals surface area (Å²) in [4.78, 5) is 0. The second-order valence-corrected chi connectivity index (χ2v) is 4.50. The minimum Gasteiger partial charge on any atom is -0.319 e. The van der Waals surface area contributed by atoms with Crippen LogP contribution >= 0.6 is 15.9 Å². The Kier molecular flexibility index (Phi) is 2.03. The van der Waals surface area contributed by atoms with Crippen LogP contribution in [0.15, 0.2) is 47.1 Å². The van der Waals surface area contributed by atoms with Crippen LogP contribution in [0, 0.1) is 0 Å². The molecule has 0 radical (unpaired) electrons. The van der Waals surface area contributed by atoms with Gasteiger partial charge in [-0.3, -0.25) is 0 Å². The number of hydrogen-bond acceptors (Lipinski definition) is 0. The highest BCUT2D eigenvalue weighted by atomic mass is 79.9. The molecule has 0 atom stereocenters. The van der Waals surface area contributed by atoms with Crippen molar-refractivity contribution in [2.45, 2.75) is 6.42 Å². The number of allylic oxidation sites excluding steroid dienone is 1. The molecule has 3 rings (SSSR count). The van der Waals surface area contributed by atoms with E-state index < -0.39 is 0 Å².